The fourth-order valence-electron chi connectivity index (χ4n) is 5.02. The van der Waals surface area contributed by atoms with E-state index in [0.29, 0.717) is 12.5 Å². The Labute approximate surface area is 162 Å². The molecule has 3 aliphatic heterocycles. The lowest BCUT2D eigenvalue weighted by Gasteiger charge is -2.42. The van der Waals surface area contributed by atoms with Crippen LogP contribution in [0.5, 0.6) is 0 Å². The summed E-state index contributed by atoms with van der Waals surface area (Å²) in [5.41, 5.74) is 0. The van der Waals surface area contributed by atoms with E-state index in [1.54, 1.807) is 0 Å². The van der Waals surface area contributed by atoms with Crippen molar-refractivity contribution in [2.45, 2.75) is 121 Å². The normalized spacial score (nSPS) is 41.9. The lowest BCUT2D eigenvalue weighted by Crippen LogP contribution is -2.62. The van der Waals surface area contributed by atoms with Gasteiger partial charge in [-0.2, -0.15) is 0 Å². The van der Waals surface area contributed by atoms with E-state index in [0.717, 1.165) is 0 Å². The van der Waals surface area contributed by atoms with E-state index in [2.05, 4.69) is 5.32 Å². The molecule has 4 fully saturated rings. The molecular weight excluding hydrogens is 350 g/mol. The molecule has 27 heavy (non-hydrogen) atoms. The molecule has 1 aliphatic carbocycles. The third-order valence-electron chi connectivity index (χ3n) is 6.08. The summed E-state index contributed by atoms with van der Waals surface area (Å²) in [6.45, 7) is 7.74. The molecule has 0 aromatic carbocycles. The first-order valence-corrected chi connectivity index (χ1v) is 10.5. The number of hydrogen-bond donors (Lipinski definition) is 2. The molecule has 0 bridgehead atoms. The van der Waals surface area contributed by atoms with Crippen LogP contribution in [0.2, 0.25) is 0 Å². The Morgan fingerprint density at radius 2 is 1.52 bits per heavy atom. The summed E-state index contributed by atoms with van der Waals surface area (Å²) in [6, 6.07) is 0.443. The average Bonchev–Trinajstić information content (AvgIpc) is 3.08. The Balaban J connectivity index is 1.55. The molecular formula is C20H35NO6. The number of ether oxygens (including phenoxy) is 5. The molecule has 0 aromatic rings. The molecule has 156 valence electrons. The van der Waals surface area contributed by atoms with Crippen molar-refractivity contribution < 1.29 is 28.8 Å². The number of aliphatic hydroxyl groups is 1. The summed E-state index contributed by atoms with van der Waals surface area (Å²) >= 11 is 0. The molecule has 1 saturated carbocycles. The number of rotatable bonds is 5. The van der Waals surface area contributed by atoms with E-state index in [1.807, 2.05) is 27.7 Å². The zero-order valence-electron chi connectivity index (χ0n) is 17.0. The Hall–Kier alpha value is -0.280. The lowest BCUT2D eigenvalue weighted by molar-refractivity contribution is -0.241. The van der Waals surface area contributed by atoms with Crippen molar-refractivity contribution in [3.63, 3.8) is 0 Å². The van der Waals surface area contributed by atoms with Gasteiger partial charge in [-0.25, -0.2) is 0 Å². The number of nitrogens with one attached hydrogen (secondary N) is 1. The molecule has 3 saturated heterocycles. The van der Waals surface area contributed by atoms with E-state index in [9.17, 15) is 5.11 Å². The number of hydrogen-bond acceptors (Lipinski definition) is 7. The van der Waals surface area contributed by atoms with Gasteiger partial charge in [0.1, 0.15) is 24.4 Å². The van der Waals surface area contributed by atoms with Crippen LogP contribution in [0, 0.1) is 0 Å². The molecule has 7 heteroatoms. The quantitative estimate of drug-likeness (QED) is 0.750. The molecule has 7 nitrogen and oxygen atoms in total. The summed E-state index contributed by atoms with van der Waals surface area (Å²) < 4.78 is 30.9. The van der Waals surface area contributed by atoms with Crippen LogP contribution in [-0.2, 0) is 23.7 Å². The summed E-state index contributed by atoms with van der Waals surface area (Å²) in [6.07, 6.45) is 5.20. The largest absolute Gasteiger partial charge is 0.396 e. The Morgan fingerprint density at radius 1 is 0.889 bits per heavy atom. The number of aliphatic hydroxyl groups excluding tert-OH is 1. The monoisotopic (exact) mass is 385 g/mol. The second-order valence-corrected chi connectivity index (χ2v) is 9.25. The molecule has 0 radical (unpaired) electrons. The average molecular weight is 386 g/mol. The topological polar surface area (TPSA) is 78.4 Å². The van der Waals surface area contributed by atoms with Crippen molar-refractivity contribution in [1.82, 2.24) is 5.32 Å². The first-order valence-electron chi connectivity index (χ1n) is 10.5. The van der Waals surface area contributed by atoms with E-state index in [-0.39, 0.29) is 37.1 Å². The zero-order chi connectivity index (χ0) is 19.2. The summed E-state index contributed by atoms with van der Waals surface area (Å²) in [5.74, 6) is -1.41. The molecule has 0 spiro atoms. The van der Waals surface area contributed by atoms with Gasteiger partial charge in [0.25, 0.3) is 0 Å². The maximum atomic E-state index is 9.69. The second kappa shape index (κ2) is 7.52. The zero-order valence-corrected chi connectivity index (χ0v) is 17.0. The minimum atomic E-state index is -0.714. The third-order valence-corrected chi connectivity index (χ3v) is 6.08. The fourth-order valence-corrected chi connectivity index (χ4v) is 5.02. The van der Waals surface area contributed by atoms with Crippen LogP contribution in [0.25, 0.3) is 0 Å². The molecule has 0 amide bonds. The smallest absolute Gasteiger partial charge is 0.190 e. The van der Waals surface area contributed by atoms with E-state index in [1.165, 1.54) is 32.1 Å². The Morgan fingerprint density at radius 3 is 2.22 bits per heavy atom. The predicted molar refractivity (Wildman–Crippen MR) is 98.0 cm³/mol. The van der Waals surface area contributed by atoms with E-state index in [4.69, 9.17) is 23.7 Å². The summed E-state index contributed by atoms with van der Waals surface area (Å²) in [7, 11) is 0. The Kier molecular flexibility index (Phi) is 5.57. The molecule has 3 heterocycles. The summed E-state index contributed by atoms with van der Waals surface area (Å²) in [5, 5.41) is 13.4. The van der Waals surface area contributed by atoms with E-state index < -0.39 is 17.9 Å². The van der Waals surface area contributed by atoms with Gasteiger partial charge in [-0.3, -0.25) is 0 Å². The van der Waals surface area contributed by atoms with Gasteiger partial charge in [0.05, 0.1) is 0 Å². The molecule has 0 unspecified atom stereocenters. The van der Waals surface area contributed by atoms with Crippen molar-refractivity contribution in [2.75, 3.05) is 6.61 Å². The standard InChI is InChI=1S/C20H35NO6/c1-19(2)24-15-14(13(10-11-22)21-12-8-6-5-7-9-12)23-18-17(16(15)25-19)26-20(3,4)27-18/h12-18,21-22H,5-11H2,1-4H3/t13-,14+,15-,16-,17+,18-/m0/s1. The highest BCUT2D eigenvalue weighted by Crippen LogP contribution is 2.45. The molecule has 4 rings (SSSR count). The second-order valence-electron chi connectivity index (χ2n) is 9.25. The van der Waals surface area contributed by atoms with Crippen LogP contribution in [0.1, 0.15) is 66.2 Å². The van der Waals surface area contributed by atoms with Crippen molar-refractivity contribution in [2.24, 2.45) is 0 Å². The highest BCUT2D eigenvalue weighted by atomic mass is 16.9. The maximum Gasteiger partial charge on any atom is 0.190 e. The van der Waals surface area contributed by atoms with Gasteiger partial charge >= 0.3 is 0 Å². The molecule has 2 N–H and O–H groups in total. The van der Waals surface area contributed by atoms with Crippen molar-refractivity contribution in [1.29, 1.82) is 0 Å². The minimum absolute atomic E-state index is 0.0173. The first-order chi connectivity index (χ1) is 12.8. The third kappa shape index (κ3) is 4.20. The summed E-state index contributed by atoms with van der Waals surface area (Å²) in [4.78, 5) is 0. The van der Waals surface area contributed by atoms with Gasteiger partial charge in [0.2, 0.25) is 0 Å². The van der Waals surface area contributed by atoms with Crippen molar-refractivity contribution >= 4 is 0 Å². The van der Waals surface area contributed by atoms with Gasteiger partial charge in [0.15, 0.2) is 17.9 Å². The SMILES string of the molecule is CC1(C)O[C@@H]2[C@H](O1)[C@H]1OC(C)(C)O[C@@H]1O[C@@H]2[C@H](CCO)NC1CCCCC1. The van der Waals surface area contributed by atoms with E-state index >= 15 is 0 Å². The van der Waals surface area contributed by atoms with Crippen LogP contribution in [0.15, 0.2) is 0 Å². The van der Waals surface area contributed by atoms with Crippen LogP contribution in [0.4, 0.5) is 0 Å². The van der Waals surface area contributed by atoms with Gasteiger partial charge in [-0.1, -0.05) is 19.3 Å². The van der Waals surface area contributed by atoms with Crippen LogP contribution in [0.3, 0.4) is 0 Å². The predicted octanol–water partition coefficient (Wildman–Crippen LogP) is 2.06. The Bertz CT molecular complexity index is 521. The fraction of sp³-hybridized carbons (Fsp3) is 1.00. The van der Waals surface area contributed by atoms with Crippen molar-refractivity contribution in [3.8, 4) is 0 Å². The van der Waals surface area contributed by atoms with Crippen LogP contribution in [-0.4, -0.2) is 66.1 Å². The highest BCUT2D eigenvalue weighted by Gasteiger charge is 2.61. The first kappa shape index (κ1) is 20.0. The lowest BCUT2D eigenvalue weighted by atomic mass is 9.90. The van der Waals surface area contributed by atoms with Gasteiger partial charge in [-0.05, 0) is 47.0 Å². The number of fused-ring (bicyclic) bond motifs is 3. The van der Waals surface area contributed by atoms with Crippen LogP contribution >= 0.6 is 0 Å². The van der Waals surface area contributed by atoms with Crippen molar-refractivity contribution in [3.05, 3.63) is 0 Å². The van der Waals surface area contributed by atoms with Gasteiger partial charge in [0, 0.05) is 18.7 Å². The van der Waals surface area contributed by atoms with Gasteiger partial charge in [-0.15, -0.1) is 0 Å². The van der Waals surface area contributed by atoms with Gasteiger partial charge < -0.3 is 34.1 Å². The molecule has 6 atom stereocenters. The van der Waals surface area contributed by atoms with Crippen LogP contribution < -0.4 is 5.32 Å². The maximum absolute atomic E-state index is 9.69. The minimum Gasteiger partial charge on any atom is -0.396 e. The highest BCUT2D eigenvalue weighted by molar-refractivity contribution is 5.03. The molecule has 4 aliphatic rings. The molecule has 0 aromatic heterocycles.